The Morgan fingerprint density at radius 2 is 2.22 bits per heavy atom. The molecule has 1 N–H and O–H groups in total. The van der Waals surface area contributed by atoms with Crippen LogP contribution in [0.2, 0.25) is 0 Å². The Labute approximate surface area is 111 Å². The fourth-order valence-electron chi connectivity index (χ4n) is 2.70. The maximum atomic E-state index is 13.6. The summed E-state index contributed by atoms with van der Waals surface area (Å²) in [6.07, 6.45) is 1.84. The molecule has 0 bridgehead atoms. The van der Waals surface area contributed by atoms with Gasteiger partial charge in [-0.1, -0.05) is 18.2 Å². The van der Waals surface area contributed by atoms with Crippen molar-refractivity contribution in [3.05, 3.63) is 57.5 Å². The lowest BCUT2D eigenvalue weighted by atomic mass is 10.1. The predicted molar refractivity (Wildman–Crippen MR) is 73.3 cm³/mol. The number of benzene rings is 1. The predicted octanol–water partition coefficient (Wildman–Crippen LogP) is 4.23. The normalized spacial score (nSPS) is 19.8. The van der Waals surface area contributed by atoms with E-state index in [-0.39, 0.29) is 11.9 Å². The molecule has 0 fully saturated rings. The zero-order valence-electron chi connectivity index (χ0n) is 10.3. The lowest BCUT2D eigenvalue weighted by Gasteiger charge is -2.19. The molecule has 3 heteroatoms. The Hall–Kier alpha value is -1.19. The van der Waals surface area contributed by atoms with Gasteiger partial charge in [-0.2, -0.15) is 0 Å². The second kappa shape index (κ2) is 4.82. The van der Waals surface area contributed by atoms with Crippen LogP contribution >= 0.6 is 11.3 Å². The minimum atomic E-state index is -0.0550. The SMILES string of the molecule is C[C@H](NC1CCc2c(F)cccc21)c1cccs1. The van der Waals surface area contributed by atoms with E-state index >= 15 is 0 Å². The first-order chi connectivity index (χ1) is 8.75. The standard InChI is InChI=1S/C15H16FNS/c1-10(15-6-3-9-18-15)17-14-8-7-11-12(14)4-2-5-13(11)16/h2-6,9-10,14,17H,7-8H2,1H3/t10-,14?/m0/s1. The molecule has 0 aliphatic heterocycles. The van der Waals surface area contributed by atoms with E-state index in [0.29, 0.717) is 6.04 Å². The molecule has 2 aromatic rings. The van der Waals surface area contributed by atoms with Gasteiger partial charge in [-0.05, 0) is 48.4 Å². The molecule has 1 nitrogen and oxygen atoms in total. The molecule has 0 amide bonds. The van der Waals surface area contributed by atoms with Crippen molar-refractivity contribution in [3.63, 3.8) is 0 Å². The van der Waals surface area contributed by atoms with Crippen LogP contribution in [0.1, 0.15) is 41.4 Å². The number of halogens is 1. The third kappa shape index (κ3) is 2.08. The van der Waals surface area contributed by atoms with Gasteiger partial charge in [0.2, 0.25) is 0 Å². The first-order valence-electron chi connectivity index (χ1n) is 6.32. The molecule has 1 aliphatic carbocycles. The number of hydrogen-bond acceptors (Lipinski definition) is 2. The van der Waals surface area contributed by atoms with Crippen molar-refractivity contribution in [1.29, 1.82) is 0 Å². The van der Waals surface area contributed by atoms with Crippen LogP contribution in [0.25, 0.3) is 0 Å². The third-order valence-electron chi connectivity index (χ3n) is 3.63. The van der Waals surface area contributed by atoms with E-state index in [9.17, 15) is 4.39 Å². The quantitative estimate of drug-likeness (QED) is 0.872. The molecule has 0 radical (unpaired) electrons. The van der Waals surface area contributed by atoms with Crippen molar-refractivity contribution >= 4 is 11.3 Å². The summed E-state index contributed by atoms with van der Waals surface area (Å²) in [5.74, 6) is -0.0550. The van der Waals surface area contributed by atoms with Crippen LogP contribution in [0.15, 0.2) is 35.7 Å². The zero-order chi connectivity index (χ0) is 12.5. The molecule has 0 spiro atoms. The Morgan fingerprint density at radius 1 is 1.33 bits per heavy atom. The van der Waals surface area contributed by atoms with Crippen LogP contribution < -0.4 is 5.32 Å². The summed E-state index contributed by atoms with van der Waals surface area (Å²) >= 11 is 1.76. The van der Waals surface area contributed by atoms with Crippen molar-refractivity contribution in [2.45, 2.75) is 31.8 Å². The molecule has 1 unspecified atom stereocenters. The second-order valence-electron chi connectivity index (χ2n) is 4.80. The van der Waals surface area contributed by atoms with E-state index in [0.717, 1.165) is 24.0 Å². The molecule has 0 saturated heterocycles. The topological polar surface area (TPSA) is 12.0 Å². The van der Waals surface area contributed by atoms with Gasteiger partial charge in [-0.15, -0.1) is 11.3 Å². The van der Waals surface area contributed by atoms with Crippen molar-refractivity contribution in [3.8, 4) is 0 Å². The molecule has 1 aromatic carbocycles. The summed E-state index contributed by atoms with van der Waals surface area (Å²) in [5.41, 5.74) is 2.03. The molecule has 0 saturated carbocycles. The van der Waals surface area contributed by atoms with Gasteiger partial charge < -0.3 is 5.32 Å². The maximum Gasteiger partial charge on any atom is 0.126 e. The lowest BCUT2D eigenvalue weighted by Crippen LogP contribution is -2.22. The van der Waals surface area contributed by atoms with Gasteiger partial charge in [0.25, 0.3) is 0 Å². The lowest BCUT2D eigenvalue weighted by molar-refractivity contribution is 0.469. The van der Waals surface area contributed by atoms with Crippen LogP contribution in [-0.2, 0) is 6.42 Å². The summed E-state index contributed by atoms with van der Waals surface area (Å²) in [6.45, 7) is 2.17. The molecule has 94 valence electrons. The molecule has 3 rings (SSSR count). The minimum Gasteiger partial charge on any atom is -0.303 e. The average Bonchev–Trinajstić information content (AvgIpc) is 2.99. The Balaban J connectivity index is 1.79. The summed E-state index contributed by atoms with van der Waals surface area (Å²) in [7, 11) is 0. The molecular formula is C15H16FNS. The highest BCUT2D eigenvalue weighted by atomic mass is 32.1. The smallest absolute Gasteiger partial charge is 0.126 e. The summed E-state index contributed by atoms with van der Waals surface area (Å²) in [4.78, 5) is 1.33. The highest BCUT2D eigenvalue weighted by molar-refractivity contribution is 7.10. The highest BCUT2D eigenvalue weighted by Gasteiger charge is 2.26. The Bertz CT molecular complexity index is 535. The van der Waals surface area contributed by atoms with E-state index < -0.39 is 0 Å². The maximum absolute atomic E-state index is 13.6. The minimum absolute atomic E-state index is 0.0550. The molecule has 1 aliphatic rings. The van der Waals surface area contributed by atoms with Gasteiger partial charge in [0.05, 0.1) is 0 Å². The van der Waals surface area contributed by atoms with Crippen molar-refractivity contribution in [2.75, 3.05) is 0 Å². The summed E-state index contributed by atoms with van der Waals surface area (Å²) in [5, 5.41) is 5.70. The summed E-state index contributed by atoms with van der Waals surface area (Å²) < 4.78 is 13.6. The van der Waals surface area contributed by atoms with Gasteiger partial charge in [-0.3, -0.25) is 0 Å². The fourth-order valence-corrected chi connectivity index (χ4v) is 3.45. The highest BCUT2D eigenvalue weighted by Crippen LogP contribution is 2.34. The van der Waals surface area contributed by atoms with Crippen molar-refractivity contribution in [1.82, 2.24) is 5.32 Å². The van der Waals surface area contributed by atoms with Crippen LogP contribution in [0.4, 0.5) is 4.39 Å². The number of fused-ring (bicyclic) bond motifs is 1. The first-order valence-corrected chi connectivity index (χ1v) is 7.20. The van der Waals surface area contributed by atoms with E-state index in [4.69, 9.17) is 0 Å². The van der Waals surface area contributed by atoms with Crippen molar-refractivity contribution < 1.29 is 4.39 Å². The van der Waals surface area contributed by atoms with Gasteiger partial charge in [0, 0.05) is 17.0 Å². The van der Waals surface area contributed by atoms with Crippen LogP contribution in [0.3, 0.4) is 0 Å². The molecular weight excluding hydrogens is 245 g/mol. The van der Waals surface area contributed by atoms with Crippen molar-refractivity contribution in [2.24, 2.45) is 0 Å². The van der Waals surface area contributed by atoms with Crippen LogP contribution in [0, 0.1) is 5.82 Å². The van der Waals surface area contributed by atoms with E-state index in [1.807, 2.05) is 12.1 Å². The average molecular weight is 261 g/mol. The molecule has 1 heterocycles. The second-order valence-corrected chi connectivity index (χ2v) is 5.78. The molecule has 18 heavy (non-hydrogen) atoms. The zero-order valence-corrected chi connectivity index (χ0v) is 11.1. The van der Waals surface area contributed by atoms with E-state index in [1.165, 1.54) is 4.88 Å². The van der Waals surface area contributed by atoms with Crippen LogP contribution in [0.5, 0.6) is 0 Å². The van der Waals surface area contributed by atoms with Gasteiger partial charge in [-0.25, -0.2) is 4.39 Å². The van der Waals surface area contributed by atoms with Gasteiger partial charge in [0.15, 0.2) is 0 Å². The Morgan fingerprint density at radius 3 is 3.00 bits per heavy atom. The van der Waals surface area contributed by atoms with Gasteiger partial charge in [0.1, 0.15) is 5.82 Å². The fraction of sp³-hybridized carbons (Fsp3) is 0.333. The summed E-state index contributed by atoms with van der Waals surface area (Å²) in [6, 6.07) is 10.2. The number of nitrogens with one attached hydrogen (secondary N) is 1. The van der Waals surface area contributed by atoms with E-state index in [2.05, 4.69) is 29.8 Å². The first kappa shape index (κ1) is 11.9. The molecule has 1 aromatic heterocycles. The number of thiophene rings is 1. The molecule has 2 atom stereocenters. The number of hydrogen-bond donors (Lipinski definition) is 1. The number of rotatable bonds is 3. The van der Waals surface area contributed by atoms with Crippen LogP contribution in [-0.4, -0.2) is 0 Å². The van der Waals surface area contributed by atoms with E-state index in [1.54, 1.807) is 17.4 Å². The van der Waals surface area contributed by atoms with Gasteiger partial charge >= 0.3 is 0 Å². The third-order valence-corrected chi connectivity index (χ3v) is 4.69. The Kier molecular flexibility index (Phi) is 3.18. The monoisotopic (exact) mass is 261 g/mol. The largest absolute Gasteiger partial charge is 0.303 e.